The van der Waals surface area contributed by atoms with Gasteiger partial charge < -0.3 is 15.6 Å². The Balaban J connectivity index is 1.23. The van der Waals surface area contributed by atoms with Gasteiger partial charge in [0.05, 0.1) is 29.5 Å². The molecule has 0 saturated heterocycles. The van der Waals surface area contributed by atoms with E-state index in [0.717, 1.165) is 64.9 Å². The Labute approximate surface area is 239 Å². The number of para-hydroxylation sites is 1. The van der Waals surface area contributed by atoms with Crippen LogP contribution in [0.3, 0.4) is 0 Å². The number of rotatable bonds is 13. The molecule has 0 radical (unpaired) electrons. The van der Waals surface area contributed by atoms with Gasteiger partial charge in [-0.05, 0) is 54.3 Å². The number of carbonyl (C=O) groups excluding carboxylic acids is 2. The molecule has 0 aliphatic carbocycles. The third kappa shape index (κ3) is 7.45. The number of H-pyrrole nitrogens is 1. The number of nitrogens with zero attached hydrogens (tertiary/aromatic N) is 4. The Morgan fingerprint density at radius 2 is 1.80 bits per heavy atom. The van der Waals surface area contributed by atoms with Crippen molar-refractivity contribution in [1.29, 1.82) is 0 Å². The van der Waals surface area contributed by atoms with Gasteiger partial charge in [0, 0.05) is 49.9 Å². The monoisotopic (exact) mass is 549 g/mol. The van der Waals surface area contributed by atoms with E-state index in [0.29, 0.717) is 13.0 Å². The number of fused-ring (bicyclic) bond motifs is 1. The number of hydrogen-bond donors (Lipinski definition) is 3. The maximum atomic E-state index is 12.9. The summed E-state index contributed by atoms with van der Waals surface area (Å²) in [7, 11) is 1.66. The van der Waals surface area contributed by atoms with Crippen molar-refractivity contribution in [3.05, 3.63) is 96.8 Å². The maximum absolute atomic E-state index is 12.9. The summed E-state index contributed by atoms with van der Waals surface area (Å²) in [4.78, 5) is 37.1. The first-order valence-corrected chi connectivity index (χ1v) is 14.1. The van der Waals surface area contributed by atoms with Crippen molar-refractivity contribution < 1.29 is 9.59 Å². The molecule has 9 heteroatoms. The highest BCUT2D eigenvalue weighted by Crippen LogP contribution is 2.25. The van der Waals surface area contributed by atoms with Gasteiger partial charge in [0.2, 0.25) is 11.8 Å². The Bertz CT molecular complexity index is 1580. The molecule has 0 saturated carbocycles. The normalized spacial score (nSPS) is 11.8. The van der Waals surface area contributed by atoms with Gasteiger partial charge >= 0.3 is 0 Å². The largest absolute Gasteiger partial charge is 0.359 e. The molecule has 2 aromatic carbocycles. The van der Waals surface area contributed by atoms with Gasteiger partial charge in [-0.25, -0.2) is 9.67 Å². The van der Waals surface area contributed by atoms with E-state index in [1.54, 1.807) is 19.4 Å². The number of nitrogens with one attached hydrogen (secondary N) is 3. The minimum atomic E-state index is -0.0484. The molecule has 0 aliphatic rings. The van der Waals surface area contributed by atoms with E-state index in [-0.39, 0.29) is 24.2 Å². The summed E-state index contributed by atoms with van der Waals surface area (Å²) in [6.45, 7) is 0.473. The lowest BCUT2D eigenvalue weighted by Crippen LogP contribution is -2.30. The third-order valence-corrected chi connectivity index (χ3v) is 7.22. The quantitative estimate of drug-likeness (QED) is 0.180. The van der Waals surface area contributed by atoms with Gasteiger partial charge in [0.15, 0.2) is 0 Å². The zero-order chi connectivity index (χ0) is 28.4. The number of imidazole rings is 1. The maximum Gasteiger partial charge on any atom is 0.224 e. The second-order valence-corrected chi connectivity index (χ2v) is 10.2. The van der Waals surface area contributed by atoms with E-state index >= 15 is 0 Å². The average Bonchev–Trinajstić information content (AvgIpc) is 3.72. The van der Waals surface area contributed by atoms with Gasteiger partial charge in [0.1, 0.15) is 5.82 Å². The van der Waals surface area contributed by atoms with E-state index in [1.807, 2.05) is 77.7 Å². The first kappa shape index (κ1) is 27.8. The Kier molecular flexibility index (Phi) is 9.15. The van der Waals surface area contributed by atoms with Crippen molar-refractivity contribution in [2.24, 2.45) is 0 Å². The lowest BCUT2D eigenvalue weighted by atomic mass is 9.99. The fourth-order valence-corrected chi connectivity index (χ4v) is 4.92. The van der Waals surface area contributed by atoms with Crippen LogP contribution >= 0.6 is 0 Å². The summed E-state index contributed by atoms with van der Waals surface area (Å²) in [6.07, 6.45) is 11.6. The zero-order valence-corrected chi connectivity index (χ0v) is 23.2. The standard InChI is InChI=1S/C32H35N7O2/c1-33-30(40)11-4-2-3-9-26(21-35-31(41)19-23-18-25-8-5-6-10-28(25)34-20-23)32-36-22-29(38-32)24-12-14-27(15-13-24)39-17-7-16-37-39/h5-8,10,12-18,20,22,26H,2-4,9,11,19,21H2,1H3,(H,33,40)(H,35,41)(H,36,38). The van der Waals surface area contributed by atoms with Crippen LogP contribution < -0.4 is 10.6 Å². The van der Waals surface area contributed by atoms with Gasteiger partial charge in [-0.15, -0.1) is 0 Å². The van der Waals surface area contributed by atoms with Crippen LogP contribution in [0.15, 0.2) is 85.5 Å². The fourth-order valence-electron chi connectivity index (χ4n) is 4.92. The molecule has 1 atom stereocenters. The molecule has 0 spiro atoms. The molecule has 9 nitrogen and oxygen atoms in total. The number of aromatic amines is 1. The molecule has 2 amide bonds. The molecule has 0 bridgehead atoms. The Morgan fingerprint density at radius 1 is 0.951 bits per heavy atom. The zero-order valence-electron chi connectivity index (χ0n) is 23.2. The van der Waals surface area contributed by atoms with Crippen LogP contribution in [0.25, 0.3) is 27.8 Å². The Morgan fingerprint density at radius 3 is 2.61 bits per heavy atom. The summed E-state index contributed by atoms with van der Waals surface area (Å²) in [5, 5.41) is 11.1. The molecular formula is C32H35N7O2. The van der Waals surface area contributed by atoms with Crippen LogP contribution in [0.1, 0.15) is 49.4 Å². The first-order valence-electron chi connectivity index (χ1n) is 14.1. The third-order valence-electron chi connectivity index (χ3n) is 7.22. The minimum Gasteiger partial charge on any atom is -0.359 e. The van der Waals surface area contributed by atoms with Crippen LogP contribution in [-0.4, -0.2) is 50.1 Å². The number of benzene rings is 2. The van der Waals surface area contributed by atoms with E-state index in [1.165, 1.54) is 0 Å². The van der Waals surface area contributed by atoms with Crippen molar-refractivity contribution in [2.45, 2.75) is 44.4 Å². The number of hydrogen-bond acceptors (Lipinski definition) is 5. The number of carbonyl (C=O) groups is 2. The van der Waals surface area contributed by atoms with Gasteiger partial charge in [-0.3, -0.25) is 14.6 Å². The Hall–Kier alpha value is -4.79. The molecule has 0 aliphatic heterocycles. The predicted molar refractivity (Wildman–Crippen MR) is 159 cm³/mol. The van der Waals surface area contributed by atoms with Crippen LogP contribution in [0.2, 0.25) is 0 Å². The van der Waals surface area contributed by atoms with Gasteiger partial charge in [-0.1, -0.05) is 43.2 Å². The van der Waals surface area contributed by atoms with E-state index < -0.39 is 0 Å². The minimum absolute atomic E-state index is 0.0192. The average molecular weight is 550 g/mol. The molecule has 210 valence electrons. The molecule has 5 aromatic rings. The van der Waals surface area contributed by atoms with Crippen LogP contribution in [-0.2, 0) is 16.0 Å². The van der Waals surface area contributed by atoms with Crippen LogP contribution in [0.5, 0.6) is 0 Å². The summed E-state index contributed by atoms with van der Waals surface area (Å²) in [5.74, 6) is 0.875. The highest BCUT2D eigenvalue weighted by molar-refractivity contribution is 5.82. The molecule has 0 fully saturated rings. The molecule has 1 unspecified atom stereocenters. The second kappa shape index (κ2) is 13.5. The smallest absolute Gasteiger partial charge is 0.224 e. The molecule has 3 heterocycles. The fraction of sp³-hybridized carbons (Fsp3) is 0.281. The van der Waals surface area contributed by atoms with Gasteiger partial charge in [-0.2, -0.15) is 5.10 Å². The number of pyridine rings is 1. The lowest BCUT2D eigenvalue weighted by Gasteiger charge is -2.16. The summed E-state index contributed by atoms with van der Waals surface area (Å²) >= 11 is 0. The highest BCUT2D eigenvalue weighted by atomic mass is 16.2. The second-order valence-electron chi connectivity index (χ2n) is 10.2. The molecular weight excluding hydrogens is 514 g/mol. The number of unbranched alkanes of at least 4 members (excludes halogenated alkanes) is 2. The number of aromatic nitrogens is 5. The summed E-state index contributed by atoms with van der Waals surface area (Å²) in [5.41, 5.74) is 4.73. The first-order chi connectivity index (χ1) is 20.1. The lowest BCUT2D eigenvalue weighted by molar-refractivity contribution is -0.121. The summed E-state index contributed by atoms with van der Waals surface area (Å²) < 4.78 is 1.82. The van der Waals surface area contributed by atoms with Crippen LogP contribution in [0.4, 0.5) is 0 Å². The van der Waals surface area contributed by atoms with Crippen molar-refractivity contribution in [3.63, 3.8) is 0 Å². The number of amides is 2. The van der Waals surface area contributed by atoms with Crippen molar-refractivity contribution >= 4 is 22.7 Å². The molecule has 5 rings (SSSR count). The predicted octanol–water partition coefficient (Wildman–Crippen LogP) is 4.95. The molecule has 3 N–H and O–H groups in total. The van der Waals surface area contributed by atoms with E-state index in [2.05, 4.69) is 25.7 Å². The molecule has 41 heavy (non-hydrogen) atoms. The van der Waals surface area contributed by atoms with Crippen LogP contribution in [0, 0.1) is 0 Å². The SMILES string of the molecule is CNC(=O)CCCCCC(CNC(=O)Cc1cnc2ccccc2c1)c1ncc(-c2ccc(-n3cccn3)cc2)[nH]1. The highest BCUT2D eigenvalue weighted by Gasteiger charge is 2.18. The molecule has 3 aromatic heterocycles. The topological polar surface area (TPSA) is 118 Å². The van der Waals surface area contributed by atoms with Crippen molar-refractivity contribution in [1.82, 2.24) is 35.4 Å². The summed E-state index contributed by atoms with van der Waals surface area (Å²) in [6, 6.07) is 19.9. The van der Waals surface area contributed by atoms with Gasteiger partial charge in [0.25, 0.3) is 0 Å². The van der Waals surface area contributed by atoms with Crippen molar-refractivity contribution in [3.8, 4) is 16.9 Å². The van der Waals surface area contributed by atoms with E-state index in [4.69, 9.17) is 4.98 Å². The van der Waals surface area contributed by atoms with Crippen molar-refractivity contribution in [2.75, 3.05) is 13.6 Å². The van der Waals surface area contributed by atoms with E-state index in [9.17, 15) is 9.59 Å².